The third kappa shape index (κ3) is 7.05. The Morgan fingerprint density at radius 2 is 1.85 bits per heavy atom. The van der Waals surface area contributed by atoms with E-state index in [1.165, 1.54) is 4.90 Å². The summed E-state index contributed by atoms with van der Waals surface area (Å²) in [4.78, 5) is 20.1. The van der Waals surface area contributed by atoms with E-state index >= 15 is 0 Å². The molecule has 1 aromatic carbocycles. The molecule has 2 aromatic heterocycles. The maximum absolute atomic E-state index is 11.5. The number of benzene rings is 1. The number of carboxylic acid groups (broad SMARTS) is 1. The van der Waals surface area contributed by atoms with Crippen molar-refractivity contribution in [3.05, 3.63) is 46.2 Å². The number of ether oxygens (including phenoxy) is 2. The van der Waals surface area contributed by atoms with Crippen molar-refractivity contribution in [1.29, 1.82) is 0 Å². The number of hydrogen-bond donors (Lipinski definition) is 2. The van der Waals surface area contributed by atoms with Crippen molar-refractivity contribution >= 4 is 38.6 Å². The molecule has 1 aliphatic heterocycles. The lowest BCUT2D eigenvalue weighted by atomic mass is 9.84. The molecule has 9 nitrogen and oxygen atoms in total. The Balaban J connectivity index is 1.95. The first kappa shape index (κ1) is 31.3. The van der Waals surface area contributed by atoms with Gasteiger partial charge in [-0.15, -0.1) is 0 Å². The van der Waals surface area contributed by atoms with Crippen LogP contribution in [0.3, 0.4) is 0 Å². The van der Waals surface area contributed by atoms with Gasteiger partial charge in [0.15, 0.2) is 0 Å². The Hall–Kier alpha value is -2.66. The van der Waals surface area contributed by atoms with E-state index in [2.05, 4.69) is 63.5 Å². The smallest absolute Gasteiger partial charge is 0.407 e. The van der Waals surface area contributed by atoms with E-state index in [1.807, 2.05) is 27.0 Å². The van der Waals surface area contributed by atoms with Crippen LogP contribution >= 0.6 is 15.9 Å². The lowest BCUT2D eigenvalue weighted by Gasteiger charge is -2.35. The summed E-state index contributed by atoms with van der Waals surface area (Å²) in [5, 5.41) is 20.8. The molecule has 0 bridgehead atoms. The molecule has 1 atom stereocenters. The number of piperazine rings is 1. The molecular formula is C31H43BrN4O5. The highest BCUT2D eigenvalue weighted by molar-refractivity contribution is 9.10. The van der Waals surface area contributed by atoms with Gasteiger partial charge in [-0.2, -0.15) is 0 Å². The molecule has 10 heteroatoms. The number of aliphatic hydroxyl groups is 1. The lowest BCUT2D eigenvalue weighted by molar-refractivity contribution is 0.0735. The maximum atomic E-state index is 11.5. The van der Waals surface area contributed by atoms with Gasteiger partial charge in [-0.25, -0.2) is 4.79 Å². The van der Waals surface area contributed by atoms with E-state index in [4.69, 9.17) is 14.5 Å². The van der Waals surface area contributed by atoms with Gasteiger partial charge < -0.3 is 34.1 Å². The zero-order chi connectivity index (χ0) is 29.9. The fourth-order valence-corrected chi connectivity index (χ4v) is 5.81. The van der Waals surface area contributed by atoms with E-state index < -0.39 is 6.09 Å². The van der Waals surface area contributed by atoms with Crippen LogP contribution in [-0.4, -0.2) is 83.4 Å². The fourth-order valence-electron chi connectivity index (χ4n) is 5.45. The van der Waals surface area contributed by atoms with E-state index in [1.54, 1.807) is 7.11 Å². The first-order valence-electron chi connectivity index (χ1n) is 14.2. The summed E-state index contributed by atoms with van der Waals surface area (Å²) >= 11 is 3.68. The summed E-state index contributed by atoms with van der Waals surface area (Å²) in [6.45, 7) is 13.6. The second-order valence-electron chi connectivity index (χ2n) is 11.8. The summed E-state index contributed by atoms with van der Waals surface area (Å²) in [6.07, 6.45) is 1.50. The lowest BCUT2D eigenvalue weighted by Crippen LogP contribution is -2.48. The van der Waals surface area contributed by atoms with Gasteiger partial charge in [0.05, 0.1) is 42.1 Å². The number of fused-ring (bicyclic) bond motifs is 1. The van der Waals surface area contributed by atoms with Crippen LogP contribution in [0, 0.1) is 5.41 Å². The zero-order valence-corrected chi connectivity index (χ0v) is 26.6. The SMILES string of the molecule is CO[C@@H](C)c1ncc(N2CCN(C(=O)O)CC2)cc1-c1c(CC(C)(C)CO)c2cc(Br)ccc2n1CCOC(C)C. The summed E-state index contributed by atoms with van der Waals surface area (Å²) < 4.78 is 15.1. The zero-order valence-electron chi connectivity index (χ0n) is 25.0. The molecule has 224 valence electrons. The van der Waals surface area contributed by atoms with Crippen LogP contribution in [0.1, 0.15) is 52.0 Å². The van der Waals surface area contributed by atoms with Crippen molar-refractivity contribution in [2.24, 2.45) is 5.41 Å². The molecule has 0 aliphatic carbocycles. The van der Waals surface area contributed by atoms with Crippen LogP contribution in [0.15, 0.2) is 34.9 Å². The first-order valence-corrected chi connectivity index (χ1v) is 15.0. The third-order valence-corrected chi connectivity index (χ3v) is 8.29. The number of pyridine rings is 1. The topological polar surface area (TPSA) is 100 Å². The molecule has 1 saturated heterocycles. The van der Waals surface area contributed by atoms with Gasteiger partial charge in [0.2, 0.25) is 0 Å². The van der Waals surface area contributed by atoms with Crippen LogP contribution in [0.25, 0.3) is 22.2 Å². The van der Waals surface area contributed by atoms with Crippen LogP contribution < -0.4 is 4.90 Å². The number of rotatable bonds is 11. The Morgan fingerprint density at radius 3 is 2.46 bits per heavy atom. The highest BCUT2D eigenvalue weighted by atomic mass is 79.9. The Kier molecular flexibility index (Phi) is 10.00. The molecule has 4 rings (SSSR count). The summed E-state index contributed by atoms with van der Waals surface area (Å²) in [5.41, 5.74) is 5.68. The first-order chi connectivity index (χ1) is 19.5. The van der Waals surface area contributed by atoms with Gasteiger partial charge in [-0.1, -0.05) is 29.8 Å². The monoisotopic (exact) mass is 630 g/mol. The molecule has 41 heavy (non-hydrogen) atoms. The average molecular weight is 632 g/mol. The molecule has 1 fully saturated rings. The largest absolute Gasteiger partial charge is 0.465 e. The normalized spacial score (nSPS) is 15.2. The number of halogens is 1. The summed E-state index contributed by atoms with van der Waals surface area (Å²) in [6, 6.07) is 8.52. The molecule has 0 spiro atoms. The van der Waals surface area contributed by atoms with E-state index in [9.17, 15) is 15.0 Å². The van der Waals surface area contributed by atoms with Crippen LogP contribution in [0.5, 0.6) is 0 Å². The number of aliphatic hydroxyl groups excluding tert-OH is 1. The number of aromatic nitrogens is 2. The molecule has 2 N–H and O–H groups in total. The minimum absolute atomic E-state index is 0.0526. The number of anilines is 1. The predicted octanol–water partition coefficient (Wildman–Crippen LogP) is 5.96. The third-order valence-electron chi connectivity index (χ3n) is 7.79. The quantitative estimate of drug-likeness (QED) is 0.270. The molecule has 3 aromatic rings. The minimum Gasteiger partial charge on any atom is -0.465 e. The number of amides is 1. The standard InChI is InChI=1S/C31H43BrN4O5/c1-20(2)41-14-13-36-27-8-7-22(32)15-24(27)26(17-31(4,5)19-37)29(36)25-16-23(18-33-28(25)21(3)40-6)34-9-11-35(12-10-34)30(38)39/h7-8,15-16,18,20-21,37H,9-14,17,19H2,1-6H3,(H,38,39)/t21-/m0/s1. The molecule has 1 amide bonds. The Bertz CT molecular complexity index is 1360. The van der Waals surface area contributed by atoms with E-state index in [0.29, 0.717) is 45.8 Å². The van der Waals surface area contributed by atoms with Gasteiger partial charge in [0.25, 0.3) is 0 Å². The fraction of sp³-hybridized carbons (Fsp3) is 0.548. The summed E-state index contributed by atoms with van der Waals surface area (Å²) in [7, 11) is 1.69. The van der Waals surface area contributed by atoms with Crippen molar-refractivity contribution < 1.29 is 24.5 Å². The molecule has 3 heterocycles. The molecular weight excluding hydrogens is 588 g/mol. The van der Waals surface area contributed by atoms with Gasteiger partial charge in [-0.05, 0) is 62.4 Å². The average Bonchev–Trinajstić information content (AvgIpc) is 3.23. The van der Waals surface area contributed by atoms with Crippen molar-refractivity contribution in [3.8, 4) is 11.3 Å². The number of methoxy groups -OCH3 is 1. The highest BCUT2D eigenvalue weighted by Crippen LogP contribution is 2.42. The number of carbonyl (C=O) groups is 1. The van der Waals surface area contributed by atoms with Gasteiger partial charge in [0, 0.05) is 67.4 Å². The molecule has 0 radical (unpaired) electrons. The predicted molar refractivity (Wildman–Crippen MR) is 166 cm³/mol. The van der Waals surface area contributed by atoms with Crippen LogP contribution in [0.2, 0.25) is 0 Å². The number of nitrogens with zero attached hydrogens (tertiary/aromatic N) is 4. The van der Waals surface area contributed by atoms with Crippen LogP contribution in [-0.2, 0) is 22.4 Å². The molecule has 0 unspecified atom stereocenters. The number of hydrogen-bond acceptors (Lipinski definition) is 6. The van der Waals surface area contributed by atoms with E-state index in [-0.39, 0.29) is 24.2 Å². The highest BCUT2D eigenvalue weighted by Gasteiger charge is 2.29. The van der Waals surface area contributed by atoms with Gasteiger partial charge in [0.1, 0.15) is 0 Å². The summed E-state index contributed by atoms with van der Waals surface area (Å²) in [5.74, 6) is 0. The molecule has 1 aliphatic rings. The van der Waals surface area contributed by atoms with Gasteiger partial charge in [-0.3, -0.25) is 4.98 Å². The second-order valence-corrected chi connectivity index (χ2v) is 12.7. The second kappa shape index (κ2) is 13.1. The van der Waals surface area contributed by atoms with E-state index in [0.717, 1.165) is 43.6 Å². The van der Waals surface area contributed by atoms with Gasteiger partial charge >= 0.3 is 6.09 Å². The Morgan fingerprint density at radius 1 is 1.15 bits per heavy atom. The minimum atomic E-state index is -0.886. The van der Waals surface area contributed by atoms with Crippen LogP contribution in [0.4, 0.5) is 10.5 Å². The van der Waals surface area contributed by atoms with Crippen molar-refractivity contribution in [2.75, 3.05) is 51.4 Å². The van der Waals surface area contributed by atoms with Crippen molar-refractivity contribution in [1.82, 2.24) is 14.5 Å². The maximum Gasteiger partial charge on any atom is 0.407 e. The van der Waals surface area contributed by atoms with Crippen molar-refractivity contribution in [2.45, 2.75) is 59.8 Å². The van der Waals surface area contributed by atoms with Crippen molar-refractivity contribution in [3.63, 3.8) is 0 Å². The molecule has 0 saturated carbocycles. The Labute approximate surface area is 251 Å².